The molecule has 0 radical (unpaired) electrons. The molecule has 2 aliphatic rings. The summed E-state index contributed by atoms with van der Waals surface area (Å²) in [6.07, 6.45) is 0. The van der Waals surface area contributed by atoms with Gasteiger partial charge in [0.05, 0.1) is 26.4 Å². The molecule has 8 nitrogen and oxygen atoms in total. The zero-order valence-corrected chi connectivity index (χ0v) is 20.4. The highest BCUT2D eigenvalue weighted by molar-refractivity contribution is 8.76. The molecule has 10 heteroatoms. The Bertz CT molecular complexity index is 536. The van der Waals surface area contributed by atoms with Gasteiger partial charge in [0.15, 0.2) is 11.6 Å². The van der Waals surface area contributed by atoms with Crippen molar-refractivity contribution in [1.82, 2.24) is 0 Å². The van der Waals surface area contributed by atoms with Crippen LogP contribution >= 0.6 is 21.6 Å². The van der Waals surface area contributed by atoms with Crippen molar-refractivity contribution in [2.24, 2.45) is 10.8 Å². The second-order valence-electron chi connectivity index (χ2n) is 8.99. The first-order valence-electron chi connectivity index (χ1n) is 10.0. The van der Waals surface area contributed by atoms with Gasteiger partial charge in [0.2, 0.25) is 0 Å². The highest BCUT2D eigenvalue weighted by Gasteiger charge is 2.44. The summed E-state index contributed by atoms with van der Waals surface area (Å²) < 4.78 is 33.0. The van der Waals surface area contributed by atoms with Gasteiger partial charge in [-0.3, -0.25) is 9.59 Å². The van der Waals surface area contributed by atoms with Gasteiger partial charge in [-0.25, -0.2) is 0 Å². The average Bonchev–Trinajstić information content (AvgIpc) is 2.68. The van der Waals surface area contributed by atoms with Crippen LogP contribution < -0.4 is 0 Å². The molecule has 0 bridgehead atoms. The Morgan fingerprint density at radius 2 is 0.967 bits per heavy atom. The molecule has 2 rings (SSSR count). The summed E-state index contributed by atoms with van der Waals surface area (Å²) in [7, 11) is 3.13. The monoisotopic (exact) mass is 466 g/mol. The van der Waals surface area contributed by atoms with Crippen molar-refractivity contribution in [3.63, 3.8) is 0 Å². The molecular weight excluding hydrogens is 432 g/mol. The summed E-state index contributed by atoms with van der Waals surface area (Å²) in [4.78, 5) is 24.6. The van der Waals surface area contributed by atoms with E-state index >= 15 is 0 Å². The van der Waals surface area contributed by atoms with Crippen molar-refractivity contribution in [2.45, 2.75) is 53.1 Å². The maximum absolute atomic E-state index is 12.3. The molecule has 2 aliphatic heterocycles. The highest BCUT2D eigenvalue weighted by atomic mass is 33.1. The lowest BCUT2D eigenvalue weighted by Gasteiger charge is -2.39. The molecule has 174 valence electrons. The molecule has 2 fully saturated rings. The first-order valence-corrected chi connectivity index (χ1v) is 12.5. The van der Waals surface area contributed by atoms with Crippen molar-refractivity contribution in [3.8, 4) is 0 Å². The van der Waals surface area contributed by atoms with Gasteiger partial charge in [0.1, 0.15) is 24.0 Å². The molecule has 2 heterocycles. The maximum Gasteiger partial charge on any atom is 0.316 e. The number of carbonyl (C=O) groups excluding carboxylic acids is 2. The van der Waals surface area contributed by atoms with Crippen molar-refractivity contribution >= 4 is 33.5 Å². The number of hydrogen-bond donors (Lipinski definition) is 0. The van der Waals surface area contributed by atoms with Gasteiger partial charge in [0.25, 0.3) is 0 Å². The van der Waals surface area contributed by atoms with E-state index in [2.05, 4.69) is 0 Å². The average molecular weight is 467 g/mol. The van der Waals surface area contributed by atoms with E-state index < -0.39 is 22.4 Å². The summed E-state index contributed by atoms with van der Waals surface area (Å²) in [5, 5.41) is 0. The zero-order chi connectivity index (χ0) is 22.5. The van der Waals surface area contributed by atoms with Crippen LogP contribution in [0.1, 0.15) is 41.5 Å². The van der Waals surface area contributed by atoms with Crippen LogP contribution in [0.15, 0.2) is 0 Å². The predicted molar refractivity (Wildman–Crippen MR) is 115 cm³/mol. The Balaban J connectivity index is 1.52. The number of carbonyl (C=O) groups is 2. The Kier molecular flexibility index (Phi) is 8.92. The van der Waals surface area contributed by atoms with Gasteiger partial charge < -0.3 is 28.4 Å². The summed E-state index contributed by atoms with van der Waals surface area (Å²) in [6, 6.07) is 0. The lowest BCUT2D eigenvalue weighted by Crippen LogP contribution is -2.49. The quantitative estimate of drug-likeness (QED) is 0.287. The van der Waals surface area contributed by atoms with Crippen LogP contribution in [0, 0.1) is 10.8 Å². The molecular formula is C20H34O8S2. The zero-order valence-electron chi connectivity index (χ0n) is 18.7. The van der Waals surface area contributed by atoms with Crippen LogP contribution in [0.3, 0.4) is 0 Å². The van der Waals surface area contributed by atoms with Crippen LogP contribution in [-0.2, 0) is 38.0 Å². The molecule has 0 atom stereocenters. The third-order valence-corrected chi connectivity index (χ3v) is 7.16. The standard InChI is InChI=1S/C20H34O8S2/c1-17(2)25-11-19(5,12-26-17)15(21)23-7-9-29-30-10-8-24-16(22)20(6)13-27-18(3,4)28-14-20/h7-14H2,1-6H3. The molecule has 0 aromatic rings. The van der Waals surface area contributed by atoms with Crippen LogP contribution in [0.2, 0.25) is 0 Å². The number of ether oxygens (including phenoxy) is 6. The lowest BCUT2D eigenvalue weighted by atomic mass is 9.92. The molecule has 0 N–H and O–H groups in total. The topological polar surface area (TPSA) is 89.5 Å². The van der Waals surface area contributed by atoms with E-state index in [0.717, 1.165) is 0 Å². The fourth-order valence-electron chi connectivity index (χ4n) is 2.54. The molecule has 2 saturated heterocycles. The number of esters is 2. The third kappa shape index (κ3) is 7.56. The van der Waals surface area contributed by atoms with Gasteiger partial charge >= 0.3 is 11.9 Å². The molecule has 0 saturated carbocycles. The third-order valence-electron chi connectivity index (χ3n) is 4.82. The summed E-state index contributed by atoms with van der Waals surface area (Å²) in [6.45, 7) is 12.6. The summed E-state index contributed by atoms with van der Waals surface area (Å²) >= 11 is 0. The predicted octanol–water partition coefficient (Wildman–Crippen LogP) is 3.03. The van der Waals surface area contributed by atoms with E-state index in [4.69, 9.17) is 28.4 Å². The minimum atomic E-state index is -0.778. The second-order valence-corrected chi connectivity index (χ2v) is 11.7. The van der Waals surface area contributed by atoms with E-state index in [0.29, 0.717) is 24.7 Å². The normalized spacial score (nSPS) is 24.1. The smallest absolute Gasteiger partial charge is 0.316 e. The SMILES string of the molecule is CC1(C)OCC(C)(C(=O)OCCSSCCOC(=O)C2(C)COC(C)(C)OC2)CO1. The van der Waals surface area contributed by atoms with Gasteiger partial charge in [-0.2, -0.15) is 0 Å². The lowest BCUT2D eigenvalue weighted by molar-refractivity contribution is -0.282. The van der Waals surface area contributed by atoms with Crippen LogP contribution in [0.5, 0.6) is 0 Å². The van der Waals surface area contributed by atoms with Crippen LogP contribution in [-0.4, -0.2) is 74.7 Å². The Hall–Kier alpha value is -0.520. The minimum Gasteiger partial charge on any atom is -0.464 e. The molecule has 0 aliphatic carbocycles. The minimum absolute atomic E-state index is 0.276. The van der Waals surface area contributed by atoms with Crippen molar-refractivity contribution < 1.29 is 38.0 Å². The number of hydrogen-bond acceptors (Lipinski definition) is 10. The first-order chi connectivity index (χ1) is 13.9. The summed E-state index contributed by atoms with van der Waals surface area (Å²) in [5.74, 6) is -0.678. The van der Waals surface area contributed by atoms with Gasteiger partial charge in [-0.15, -0.1) is 0 Å². The van der Waals surface area contributed by atoms with Gasteiger partial charge in [-0.1, -0.05) is 21.6 Å². The fraction of sp³-hybridized carbons (Fsp3) is 0.900. The molecule has 0 spiro atoms. The van der Waals surface area contributed by atoms with Crippen molar-refractivity contribution in [2.75, 3.05) is 51.1 Å². The van der Waals surface area contributed by atoms with Crippen molar-refractivity contribution in [1.29, 1.82) is 0 Å². The van der Waals surface area contributed by atoms with Gasteiger partial charge in [0, 0.05) is 11.5 Å². The van der Waals surface area contributed by atoms with E-state index in [1.54, 1.807) is 35.4 Å². The van der Waals surface area contributed by atoms with E-state index in [1.807, 2.05) is 27.7 Å². The molecule has 0 aromatic carbocycles. The maximum atomic E-state index is 12.3. The van der Waals surface area contributed by atoms with Crippen LogP contribution in [0.25, 0.3) is 0 Å². The Labute approximate surface area is 186 Å². The molecule has 0 unspecified atom stereocenters. The fourth-order valence-corrected chi connectivity index (χ4v) is 4.19. The molecule has 0 aromatic heterocycles. The van der Waals surface area contributed by atoms with Crippen LogP contribution in [0.4, 0.5) is 0 Å². The first kappa shape index (κ1) is 25.7. The Morgan fingerprint density at radius 1 is 0.667 bits per heavy atom. The van der Waals surface area contributed by atoms with E-state index in [1.165, 1.54) is 0 Å². The van der Waals surface area contributed by atoms with E-state index in [9.17, 15) is 9.59 Å². The molecule has 30 heavy (non-hydrogen) atoms. The number of rotatable bonds is 9. The van der Waals surface area contributed by atoms with Gasteiger partial charge in [-0.05, 0) is 41.5 Å². The Morgan fingerprint density at radius 3 is 1.27 bits per heavy atom. The van der Waals surface area contributed by atoms with Crippen molar-refractivity contribution in [3.05, 3.63) is 0 Å². The summed E-state index contributed by atoms with van der Waals surface area (Å²) in [5.41, 5.74) is -1.56. The van der Waals surface area contributed by atoms with E-state index in [-0.39, 0.29) is 38.4 Å². The highest BCUT2D eigenvalue weighted by Crippen LogP contribution is 2.32. The molecule has 0 amide bonds. The largest absolute Gasteiger partial charge is 0.464 e. The second kappa shape index (κ2) is 10.4.